The molecule has 1 atom stereocenters. The van der Waals surface area contributed by atoms with Gasteiger partial charge in [0, 0.05) is 26.1 Å². The van der Waals surface area contributed by atoms with Crippen LogP contribution < -0.4 is 5.32 Å². The maximum atomic E-state index is 12.0. The van der Waals surface area contributed by atoms with E-state index >= 15 is 0 Å². The molecule has 5 nitrogen and oxygen atoms in total. The molecule has 1 aliphatic rings. The van der Waals surface area contributed by atoms with E-state index in [2.05, 4.69) is 5.32 Å². The first-order valence-electron chi connectivity index (χ1n) is 6.22. The molecule has 2 amide bonds. The Morgan fingerprint density at radius 1 is 1.58 bits per heavy atom. The second kappa shape index (κ2) is 6.14. The second-order valence-corrected chi connectivity index (χ2v) is 5.55. The Balaban J connectivity index is 1.91. The third-order valence-corrected chi connectivity index (χ3v) is 3.71. The first-order chi connectivity index (χ1) is 9.10. The topological polar surface area (TPSA) is 62.6 Å². The van der Waals surface area contributed by atoms with Gasteiger partial charge in [0.1, 0.15) is 5.76 Å². The maximum Gasteiger partial charge on any atom is 0.287 e. The van der Waals surface area contributed by atoms with E-state index in [0.29, 0.717) is 25.1 Å². The highest BCUT2D eigenvalue weighted by molar-refractivity contribution is 7.97. The van der Waals surface area contributed by atoms with Crippen molar-refractivity contribution in [3.8, 4) is 0 Å². The summed E-state index contributed by atoms with van der Waals surface area (Å²) in [5.41, 5.74) is 0. The van der Waals surface area contributed by atoms with Gasteiger partial charge in [-0.15, -0.1) is 0 Å². The van der Waals surface area contributed by atoms with E-state index in [-0.39, 0.29) is 17.9 Å². The first-order valence-corrected chi connectivity index (χ1v) is 7.62. The number of nitrogens with one attached hydrogen (secondary N) is 1. The molecular formula is C13H18N2O3S. The van der Waals surface area contributed by atoms with E-state index in [0.717, 1.165) is 11.5 Å². The van der Waals surface area contributed by atoms with E-state index in [9.17, 15) is 9.59 Å². The van der Waals surface area contributed by atoms with Crippen LogP contribution in [0.2, 0.25) is 0 Å². The molecule has 6 heteroatoms. The fourth-order valence-electron chi connectivity index (χ4n) is 2.11. The number of likely N-dealkylation sites (tertiary alicyclic amines) is 1. The average molecular weight is 282 g/mol. The number of rotatable bonds is 4. The molecule has 1 aromatic rings. The smallest absolute Gasteiger partial charge is 0.287 e. The van der Waals surface area contributed by atoms with Crippen molar-refractivity contribution in [1.82, 2.24) is 10.2 Å². The van der Waals surface area contributed by atoms with Crippen LogP contribution in [0.3, 0.4) is 0 Å². The molecule has 0 spiro atoms. The maximum absolute atomic E-state index is 12.0. The van der Waals surface area contributed by atoms with Gasteiger partial charge in [0.2, 0.25) is 5.91 Å². The van der Waals surface area contributed by atoms with Crippen molar-refractivity contribution in [3.63, 3.8) is 0 Å². The summed E-state index contributed by atoms with van der Waals surface area (Å²) in [5.74, 6) is 1.82. The molecular weight excluding hydrogens is 264 g/mol. The number of likely N-dealkylation sites (N-methyl/N-ethyl adjacent to an activating group) is 1. The van der Waals surface area contributed by atoms with Crippen LogP contribution in [0.5, 0.6) is 0 Å². The number of amides is 2. The van der Waals surface area contributed by atoms with Gasteiger partial charge in [-0.3, -0.25) is 9.59 Å². The summed E-state index contributed by atoms with van der Waals surface area (Å²) in [5, 5.41) is 2.91. The van der Waals surface area contributed by atoms with Crippen LogP contribution in [-0.2, 0) is 10.5 Å². The number of piperidine rings is 1. The second-order valence-electron chi connectivity index (χ2n) is 4.68. The summed E-state index contributed by atoms with van der Waals surface area (Å²) in [4.78, 5) is 25.0. The molecule has 104 valence electrons. The molecule has 0 radical (unpaired) electrons. The Morgan fingerprint density at radius 2 is 2.37 bits per heavy atom. The number of thioether (sulfide) groups is 1. The number of nitrogens with zero attached hydrogens (tertiary/aromatic N) is 1. The minimum atomic E-state index is -0.208. The van der Waals surface area contributed by atoms with E-state index < -0.39 is 0 Å². The molecule has 1 unspecified atom stereocenters. The zero-order chi connectivity index (χ0) is 13.8. The standard InChI is InChI=1S/C13H18N2O3S/c1-15-7-9(3-6-12(15)16)14-13(17)11-5-4-10(18-11)8-19-2/h4-5,9H,3,6-8H2,1-2H3,(H,14,17). The van der Waals surface area contributed by atoms with Gasteiger partial charge in [0.15, 0.2) is 5.76 Å². The van der Waals surface area contributed by atoms with Gasteiger partial charge in [-0.2, -0.15) is 11.8 Å². The summed E-state index contributed by atoms with van der Waals surface area (Å²) >= 11 is 1.65. The third-order valence-electron chi connectivity index (χ3n) is 3.13. The molecule has 19 heavy (non-hydrogen) atoms. The molecule has 2 rings (SSSR count). The molecule has 1 aliphatic heterocycles. The van der Waals surface area contributed by atoms with Crippen molar-refractivity contribution in [2.45, 2.75) is 24.6 Å². The number of hydrogen-bond donors (Lipinski definition) is 1. The number of hydrogen-bond acceptors (Lipinski definition) is 4. The molecule has 0 bridgehead atoms. The lowest BCUT2D eigenvalue weighted by Gasteiger charge is -2.29. The van der Waals surface area contributed by atoms with Crippen LogP contribution in [0.4, 0.5) is 0 Å². The zero-order valence-corrected chi connectivity index (χ0v) is 12.0. The van der Waals surface area contributed by atoms with Crippen LogP contribution in [0, 0.1) is 0 Å². The minimum Gasteiger partial charge on any atom is -0.455 e. The monoisotopic (exact) mass is 282 g/mol. The lowest BCUT2D eigenvalue weighted by Crippen LogP contribution is -2.48. The molecule has 0 aliphatic carbocycles. The predicted octanol–water partition coefficient (Wildman–Crippen LogP) is 1.49. The molecule has 0 aromatic carbocycles. The molecule has 2 heterocycles. The number of carbonyl (C=O) groups is 2. The van der Waals surface area contributed by atoms with Crippen molar-refractivity contribution in [2.24, 2.45) is 0 Å². The van der Waals surface area contributed by atoms with Crippen LogP contribution in [0.25, 0.3) is 0 Å². The Labute approximate surface area is 116 Å². The molecule has 1 N–H and O–H groups in total. The van der Waals surface area contributed by atoms with Gasteiger partial charge in [-0.25, -0.2) is 0 Å². The lowest BCUT2D eigenvalue weighted by molar-refractivity contribution is -0.132. The lowest BCUT2D eigenvalue weighted by atomic mass is 10.1. The SMILES string of the molecule is CSCc1ccc(C(=O)NC2CCC(=O)N(C)C2)o1. The van der Waals surface area contributed by atoms with E-state index in [4.69, 9.17) is 4.42 Å². The largest absolute Gasteiger partial charge is 0.455 e. The third kappa shape index (κ3) is 3.53. The Hall–Kier alpha value is -1.43. The van der Waals surface area contributed by atoms with Gasteiger partial charge in [0.05, 0.1) is 5.75 Å². The fraction of sp³-hybridized carbons (Fsp3) is 0.538. The van der Waals surface area contributed by atoms with Gasteiger partial charge < -0.3 is 14.6 Å². The highest BCUT2D eigenvalue weighted by atomic mass is 32.2. The van der Waals surface area contributed by atoms with Crippen molar-refractivity contribution in [3.05, 3.63) is 23.7 Å². The van der Waals surface area contributed by atoms with Crippen molar-refractivity contribution in [2.75, 3.05) is 19.8 Å². The highest BCUT2D eigenvalue weighted by Crippen LogP contribution is 2.15. The van der Waals surface area contributed by atoms with Gasteiger partial charge in [-0.05, 0) is 24.8 Å². The fourth-order valence-corrected chi connectivity index (χ4v) is 2.55. The Kier molecular flexibility index (Phi) is 4.52. The average Bonchev–Trinajstić information content (AvgIpc) is 2.83. The van der Waals surface area contributed by atoms with Crippen LogP contribution >= 0.6 is 11.8 Å². The van der Waals surface area contributed by atoms with Crippen molar-refractivity contribution < 1.29 is 14.0 Å². The van der Waals surface area contributed by atoms with E-state index in [1.165, 1.54) is 0 Å². The Morgan fingerprint density at radius 3 is 3.05 bits per heavy atom. The van der Waals surface area contributed by atoms with Crippen LogP contribution in [0.15, 0.2) is 16.5 Å². The summed E-state index contributed by atoms with van der Waals surface area (Å²) < 4.78 is 5.46. The molecule has 1 fully saturated rings. The first kappa shape index (κ1) is 14.0. The molecule has 1 aromatic heterocycles. The van der Waals surface area contributed by atoms with Gasteiger partial charge in [-0.1, -0.05) is 0 Å². The normalized spacial score (nSPS) is 19.6. The summed E-state index contributed by atoms with van der Waals surface area (Å²) in [6, 6.07) is 3.52. The summed E-state index contributed by atoms with van der Waals surface area (Å²) in [6.45, 7) is 0.558. The van der Waals surface area contributed by atoms with Crippen molar-refractivity contribution >= 4 is 23.6 Å². The van der Waals surface area contributed by atoms with E-state index in [1.807, 2.05) is 12.3 Å². The van der Waals surface area contributed by atoms with Crippen LogP contribution in [-0.4, -0.2) is 42.6 Å². The minimum absolute atomic E-state index is 0.00398. The predicted molar refractivity (Wildman–Crippen MR) is 74.1 cm³/mol. The number of furan rings is 1. The zero-order valence-electron chi connectivity index (χ0n) is 11.1. The summed E-state index contributed by atoms with van der Waals surface area (Å²) in [6.07, 6.45) is 3.15. The highest BCUT2D eigenvalue weighted by Gasteiger charge is 2.25. The molecule has 0 saturated carbocycles. The van der Waals surface area contributed by atoms with E-state index in [1.54, 1.807) is 29.8 Å². The van der Waals surface area contributed by atoms with Crippen molar-refractivity contribution in [1.29, 1.82) is 0 Å². The van der Waals surface area contributed by atoms with Crippen LogP contribution in [0.1, 0.15) is 29.2 Å². The van der Waals surface area contributed by atoms with Gasteiger partial charge in [0.25, 0.3) is 5.91 Å². The Bertz CT molecular complexity index is 472. The quantitative estimate of drug-likeness (QED) is 0.909. The van der Waals surface area contributed by atoms with Gasteiger partial charge >= 0.3 is 0 Å². The number of carbonyl (C=O) groups excluding carboxylic acids is 2. The molecule has 1 saturated heterocycles. The summed E-state index contributed by atoms with van der Waals surface area (Å²) in [7, 11) is 1.75.